The Labute approximate surface area is 96.1 Å². The number of halogens is 1. The van der Waals surface area contributed by atoms with Crippen molar-refractivity contribution in [2.75, 3.05) is 0 Å². The Morgan fingerprint density at radius 1 is 1.43 bits per heavy atom. The molecule has 0 radical (unpaired) electrons. The summed E-state index contributed by atoms with van der Waals surface area (Å²) in [5.74, 6) is 0.423. The monoisotopic (exact) mass is 242 g/mol. The number of thiol groups is 1. The predicted molar refractivity (Wildman–Crippen MR) is 64.0 cm³/mol. The lowest BCUT2D eigenvalue weighted by Crippen LogP contribution is -1.84. The Morgan fingerprint density at radius 2 is 2.21 bits per heavy atom. The highest BCUT2D eigenvalue weighted by Crippen LogP contribution is 2.32. The van der Waals surface area contributed by atoms with E-state index >= 15 is 0 Å². The molecule has 1 heterocycles. The maximum atomic E-state index is 10.7. The van der Waals surface area contributed by atoms with Crippen LogP contribution in [0.4, 0.5) is 0 Å². The molecule has 1 nitrogen and oxygen atoms in total. The molecule has 0 saturated carbocycles. The van der Waals surface area contributed by atoms with Crippen LogP contribution in [-0.2, 0) is 5.88 Å². The molecule has 0 spiro atoms. The van der Waals surface area contributed by atoms with Crippen molar-refractivity contribution in [2.24, 2.45) is 0 Å². The van der Waals surface area contributed by atoms with Crippen LogP contribution in [0.15, 0.2) is 22.4 Å². The van der Waals surface area contributed by atoms with Crippen LogP contribution >= 0.6 is 35.6 Å². The topological polar surface area (TPSA) is 17.1 Å². The molecule has 0 saturated heterocycles. The van der Waals surface area contributed by atoms with Gasteiger partial charge in [-0.15, -0.1) is 35.6 Å². The molecule has 4 heteroatoms. The summed E-state index contributed by atoms with van der Waals surface area (Å²) < 4.78 is 2.06. The van der Waals surface area contributed by atoms with E-state index in [1.54, 1.807) is 11.3 Å². The summed E-state index contributed by atoms with van der Waals surface area (Å²) in [4.78, 5) is 10.7. The molecule has 0 amide bonds. The molecule has 2 aromatic rings. The minimum absolute atomic E-state index is 0.423. The molecule has 0 fully saturated rings. The largest absolute Gasteiger partial charge is 0.298 e. The van der Waals surface area contributed by atoms with E-state index < -0.39 is 0 Å². The van der Waals surface area contributed by atoms with Crippen molar-refractivity contribution in [3.8, 4) is 0 Å². The van der Waals surface area contributed by atoms with E-state index in [9.17, 15) is 4.79 Å². The SMILES string of the molecule is O=Cc1cc(CCl)c2sc(S)cc2c1. The van der Waals surface area contributed by atoms with Crippen molar-refractivity contribution >= 4 is 51.9 Å². The lowest BCUT2D eigenvalue weighted by molar-refractivity contribution is 0.112. The third-order valence-corrected chi connectivity index (χ3v) is 3.70. The number of aldehydes is 1. The number of rotatable bonds is 2. The second-order valence-electron chi connectivity index (χ2n) is 2.93. The van der Waals surface area contributed by atoms with Crippen LogP contribution < -0.4 is 0 Å². The van der Waals surface area contributed by atoms with Crippen LogP contribution in [0.3, 0.4) is 0 Å². The molecular formula is C10H7ClOS2. The van der Waals surface area contributed by atoms with Crippen LogP contribution in [0.2, 0.25) is 0 Å². The highest BCUT2D eigenvalue weighted by molar-refractivity contribution is 7.83. The van der Waals surface area contributed by atoms with Gasteiger partial charge in [-0.05, 0) is 29.1 Å². The summed E-state index contributed by atoms with van der Waals surface area (Å²) in [6.07, 6.45) is 0.839. The van der Waals surface area contributed by atoms with E-state index in [0.717, 1.165) is 26.1 Å². The van der Waals surface area contributed by atoms with Gasteiger partial charge in [0.25, 0.3) is 0 Å². The average molecular weight is 243 g/mol. The minimum atomic E-state index is 0.423. The maximum Gasteiger partial charge on any atom is 0.150 e. The normalized spacial score (nSPS) is 10.7. The number of hydrogen-bond donors (Lipinski definition) is 1. The Hall–Kier alpha value is -0.510. The van der Waals surface area contributed by atoms with E-state index in [4.69, 9.17) is 11.6 Å². The molecule has 0 atom stereocenters. The molecule has 72 valence electrons. The van der Waals surface area contributed by atoms with Gasteiger partial charge in [0.15, 0.2) is 0 Å². The Kier molecular flexibility index (Phi) is 2.81. The summed E-state index contributed by atoms with van der Waals surface area (Å²) in [6, 6.07) is 5.63. The highest BCUT2D eigenvalue weighted by atomic mass is 35.5. The Bertz CT molecular complexity index is 490. The van der Waals surface area contributed by atoms with Crippen molar-refractivity contribution < 1.29 is 4.79 Å². The maximum absolute atomic E-state index is 10.7. The van der Waals surface area contributed by atoms with E-state index in [1.165, 1.54) is 0 Å². The lowest BCUT2D eigenvalue weighted by atomic mass is 10.1. The Morgan fingerprint density at radius 3 is 2.86 bits per heavy atom. The zero-order chi connectivity index (χ0) is 10.1. The van der Waals surface area contributed by atoms with Crippen molar-refractivity contribution in [2.45, 2.75) is 10.1 Å². The molecule has 0 bridgehead atoms. The average Bonchev–Trinajstić information content (AvgIpc) is 2.56. The molecule has 0 unspecified atom stereocenters. The predicted octanol–water partition coefficient (Wildman–Crippen LogP) is 3.74. The van der Waals surface area contributed by atoms with Crippen LogP contribution in [0.25, 0.3) is 10.1 Å². The first-order valence-electron chi connectivity index (χ1n) is 4.01. The minimum Gasteiger partial charge on any atom is -0.298 e. The van der Waals surface area contributed by atoms with E-state index in [0.29, 0.717) is 11.4 Å². The molecule has 0 aliphatic carbocycles. The summed E-state index contributed by atoms with van der Waals surface area (Å²) >= 11 is 11.7. The van der Waals surface area contributed by atoms with Gasteiger partial charge in [-0.3, -0.25) is 4.79 Å². The first-order chi connectivity index (χ1) is 6.74. The van der Waals surface area contributed by atoms with Gasteiger partial charge >= 0.3 is 0 Å². The second kappa shape index (κ2) is 3.93. The number of carbonyl (C=O) groups is 1. The standard InChI is InChI=1S/C10H7ClOS2/c11-4-8-2-6(5-12)1-7-3-9(13)14-10(7)8/h1-3,5,13H,4H2. The van der Waals surface area contributed by atoms with Gasteiger partial charge < -0.3 is 0 Å². The number of alkyl halides is 1. The van der Waals surface area contributed by atoms with Gasteiger partial charge in [0.2, 0.25) is 0 Å². The van der Waals surface area contributed by atoms with Gasteiger partial charge in [-0.1, -0.05) is 0 Å². The third-order valence-electron chi connectivity index (χ3n) is 1.98. The third kappa shape index (κ3) is 1.67. The molecule has 1 aromatic heterocycles. The highest BCUT2D eigenvalue weighted by Gasteiger charge is 2.06. The van der Waals surface area contributed by atoms with Crippen molar-refractivity contribution in [3.63, 3.8) is 0 Å². The first-order valence-corrected chi connectivity index (χ1v) is 5.81. The number of fused-ring (bicyclic) bond motifs is 1. The summed E-state index contributed by atoms with van der Waals surface area (Å²) in [7, 11) is 0. The molecule has 0 aliphatic rings. The molecule has 0 N–H and O–H groups in total. The van der Waals surface area contributed by atoms with Crippen molar-refractivity contribution in [1.82, 2.24) is 0 Å². The van der Waals surface area contributed by atoms with Gasteiger partial charge in [-0.25, -0.2) is 0 Å². The van der Waals surface area contributed by atoms with E-state index in [2.05, 4.69) is 12.6 Å². The first kappa shape index (κ1) is 10.0. The number of hydrogen-bond acceptors (Lipinski definition) is 3. The van der Waals surface area contributed by atoms with Crippen molar-refractivity contribution in [1.29, 1.82) is 0 Å². The smallest absolute Gasteiger partial charge is 0.150 e. The van der Waals surface area contributed by atoms with Crippen LogP contribution in [-0.4, -0.2) is 6.29 Å². The fraction of sp³-hybridized carbons (Fsp3) is 0.100. The van der Waals surface area contributed by atoms with Gasteiger partial charge in [0, 0.05) is 16.1 Å². The van der Waals surface area contributed by atoms with Crippen molar-refractivity contribution in [3.05, 3.63) is 29.3 Å². The summed E-state index contributed by atoms with van der Waals surface area (Å²) in [5.41, 5.74) is 1.66. The quantitative estimate of drug-likeness (QED) is 0.482. The molecule has 1 aromatic carbocycles. The molecule has 2 rings (SSSR count). The fourth-order valence-electron chi connectivity index (χ4n) is 1.40. The number of carbonyl (C=O) groups excluding carboxylic acids is 1. The van der Waals surface area contributed by atoms with Gasteiger partial charge in [-0.2, -0.15) is 0 Å². The number of thiophene rings is 1. The molecule has 0 aliphatic heterocycles. The lowest BCUT2D eigenvalue weighted by Gasteiger charge is -1.99. The van der Waals surface area contributed by atoms with Crippen LogP contribution in [0.1, 0.15) is 15.9 Å². The fourth-order valence-corrected chi connectivity index (χ4v) is 3.00. The zero-order valence-electron chi connectivity index (χ0n) is 7.16. The van der Waals surface area contributed by atoms with Crippen LogP contribution in [0, 0.1) is 0 Å². The second-order valence-corrected chi connectivity index (χ2v) is 5.04. The summed E-state index contributed by atoms with van der Waals surface area (Å²) in [6.45, 7) is 0. The zero-order valence-corrected chi connectivity index (χ0v) is 9.63. The summed E-state index contributed by atoms with van der Waals surface area (Å²) in [5, 5.41) is 1.04. The Balaban J connectivity index is 2.78. The number of benzene rings is 1. The molecule has 14 heavy (non-hydrogen) atoms. The van der Waals surface area contributed by atoms with Gasteiger partial charge in [0.1, 0.15) is 6.29 Å². The molecular weight excluding hydrogens is 236 g/mol. The van der Waals surface area contributed by atoms with Gasteiger partial charge in [0.05, 0.1) is 4.21 Å². The van der Waals surface area contributed by atoms with Crippen LogP contribution in [0.5, 0.6) is 0 Å². The van der Waals surface area contributed by atoms with E-state index in [-0.39, 0.29) is 0 Å². The van der Waals surface area contributed by atoms with E-state index in [1.807, 2.05) is 18.2 Å².